The summed E-state index contributed by atoms with van der Waals surface area (Å²) in [6.45, 7) is 0.872. The van der Waals surface area contributed by atoms with Gasteiger partial charge in [-0.05, 0) is 37.3 Å². The molecule has 4 nitrogen and oxygen atoms in total. The van der Waals surface area contributed by atoms with E-state index in [1.54, 1.807) is 12.1 Å². The Hall–Kier alpha value is -1.36. The van der Waals surface area contributed by atoms with Crippen molar-refractivity contribution in [2.75, 3.05) is 23.9 Å². The Bertz CT molecular complexity index is 471. The molecular formula is C14H20N2O2S. The van der Waals surface area contributed by atoms with Crippen molar-refractivity contribution < 1.29 is 9.90 Å². The van der Waals surface area contributed by atoms with Crippen LogP contribution in [0.3, 0.4) is 0 Å². The zero-order valence-corrected chi connectivity index (χ0v) is 11.9. The van der Waals surface area contributed by atoms with Crippen LogP contribution in [0.1, 0.15) is 36.0 Å². The summed E-state index contributed by atoms with van der Waals surface area (Å²) in [5, 5.41) is 12.4. The van der Waals surface area contributed by atoms with Crippen LogP contribution in [0.2, 0.25) is 0 Å². The van der Waals surface area contributed by atoms with Gasteiger partial charge in [0.2, 0.25) is 0 Å². The topological polar surface area (TPSA) is 75.3 Å². The van der Waals surface area contributed by atoms with Crippen molar-refractivity contribution in [3.05, 3.63) is 23.8 Å². The lowest BCUT2D eigenvalue weighted by Crippen LogP contribution is -2.30. The maximum Gasteiger partial charge on any atom is 0.337 e. The minimum atomic E-state index is -0.985. The Morgan fingerprint density at radius 3 is 2.74 bits per heavy atom. The van der Waals surface area contributed by atoms with E-state index < -0.39 is 5.97 Å². The van der Waals surface area contributed by atoms with Crippen LogP contribution in [0.15, 0.2) is 18.2 Å². The number of carboxylic acids is 1. The van der Waals surface area contributed by atoms with Crippen LogP contribution >= 0.6 is 11.8 Å². The highest BCUT2D eigenvalue weighted by Gasteiger charge is 2.32. The van der Waals surface area contributed by atoms with E-state index in [4.69, 9.17) is 10.8 Å². The van der Waals surface area contributed by atoms with Crippen molar-refractivity contribution in [3.63, 3.8) is 0 Å². The van der Waals surface area contributed by atoms with Crippen molar-refractivity contribution >= 4 is 29.1 Å². The van der Waals surface area contributed by atoms with Gasteiger partial charge in [-0.2, -0.15) is 11.8 Å². The first-order chi connectivity index (χ1) is 9.06. The molecule has 2 rings (SSSR count). The number of aromatic carboxylic acids is 1. The molecule has 0 saturated heterocycles. The van der Waals surface area contributed by atoms with Gasteiger partial charge in [-0.25, -0.2) is 4.79 Å². The van der Waals surface area contributed by atoms with E-state index in [1.165, 1.54) is 25.7 Å². The predicted octanol–water partition coefficient (Wildman–Crippen LogP) is 3.05. The zero-order valence-electron chi connectivity index (χ0n) is 11.1. The largest absolute Gasteiger partial charge is 0.478 e. The lowest BCUT2D eigenvalue weighted by Gasteiger charge is -2.27. The van der Waals surface area contributed by atoms with Gasteiger partial charge in [0.15, 0.2) is 0 Å². The molecule has 1 aliphatic rings. The Morgan fingerprint density at radius 2 is 2.16 bits per heavy atom. The van der Waals surface area contributed by atoms with E-state index in [2.05, 4.69) is 11.6 Å². The van der Waals surface area contributed by atoms with Crippen LogP contribution in [0.5, 0.6) is 0 Å². The summed E-state index contributed by atoms with van der Waals surface area (Å²) in [4.78, 5) is 11.0. The number of nitrogen functional groups attached to an aromatic ring is 1. The Kier molecular flexibility index (Phi) is 4.24. The summed E-state index contributed by atoms with van der Waals surface area (Å²) < 4.78 is 0.296. The van der Waals surface area contributed by atoms with E-state index in [0.29, 0.717) is 10.4 Å². The molecule has 0 atom stereocenters. The van der Waals surface area contributed by atoms with Crippen molar-refractivity contribution in [1.82, 2.24) is 0 Å². The number of hydrogen-bond donors (Lipinski definition) is 3. The summed E-state index contributed by atoms with van der Waals surface area (Å²) in [6.07, 6.45) is 7.16. The molecule has 1 saturated carbocycles. The highest BCUT2D eigenvalue weighted by molar-refractivity contribution is 8.00. The van der Waals surface area contributed by atoms with Gasteiger partial charge in [0.05, 0.1) is 5.56 Å². The molecule has 0 aliphatic heterocycles. The van der Waals surface area contributed by atoms with Gasteiger partial charge < -0.3 is 16.2 Å². The molecule has 4 N–H and O–H groups in total. The van der Waals surface area contributed by atoms with E-state index in [9.17, 15) is 4.79 Å². The van der Waals surface area contributed by atoms with E-state index in [0.717, 1.165) is 12.2 Å². The molecule has 19 heavy (non-hydrogen) atoms. The number of nitrogens with one attached hydrogen (secondary N) is 1. The van der Waals surface area contributed by atoms with Gasteiger partial charge in [0.25, 0.3) is 0 Å². The smallest absolute Gasteiger partial charge is 0.337 e. The number of hydrogen-bond acceptors (Lipinski definition) is 4. The molecule has 1 aromatic rings. The Labute approximate surface area is 117 Å². The van der Waals surface area contributed by atoms with Crippen molar-refractivity contribution in [2.45, 2.75) is 30.4 Å². The second-order valence-corrected chi connectivity index (χ2v) is 6.33. The number of carbonyl (C=O) groups is 1. The number of anilines is 2. The summed E-state index contributed by atoms with van der Waals surface area (Å²) in [6, 6.07) is 5.09. The third kappa shape index (κ3) is 3.15. The Morgan fingerprint density at radius 1 is 1.47 bits per heavy atom. The van der Waals surface area contributed by atoms with E-state index in [1.807, 2.05) is 17.8 Å². The van der Waals surface area contributed by atoms with Crippen LogP contribution in [0, 0.1) is 0 Å². The maximum absolute atomic E-state index is 11.0. The molecule has 1 aromatic carbocycles. The lowest BCUT2D eigenvalue weighted by molar-refractivity contribution is 0.0698. The van der Waals surface area contributed by atoms with Gasteiger partial charge in [-0.1, -0.05) is 12.8 Å². The molecule has 0 spiro atoms. The van der Waals surface area contributed by atoms with E-state index in [-0.39, 0.29) is 5.56 Å². The second-order valence-electron chi connectivity index (χ2n) is 5.05. The van der Waals surface area contributed by atoms with Crippen LogP contribution < -0.4 is 11.1 Å². The fourth-order valence-corrected chi connectivity index (χ4v) is 3.50. The first kappa shape index (κ1) is 14.1. The van der Waals surface area contributed by atoms with Crippen LogP contribution in [0.4, 0.5) is 11.4 Å². The van der Waals surface area contributed by atoms with Crippen LogP contribution in [-0.2, 0) is 0 Å². The Balaban J connectivity index is 2.07. The monoisotopic (exact) mass is 280 g/mol. The van der Waals surface area contributed by atoms with Crippen molar-refractivity contribution in [1.29, 1.82) is 0 Å². The zero-order chi connectivity index (χ0) is 13.9. The molecule has 0 bridgehead atoms. The lowest BCUT2D eigenvalue weighted by atomic mass is 10.1. The molecule has 0 aromatic heterocycles. The van der Waals surface area contributed by atoms with Crippen molar-refractivity contribution in [3.8, 4) is 0 Å². The third-order valence-electron chi connectivity index (χ3n) is 3.85. The minimum absolute atomic E-state index is 0.162. The molecule has 104 valence electrons. The fourth-order valence-electron chi connectivity index (χ4n) is 2.59. The molecule has 0 unspecified atom stereocenters. The quantitative estimate of drug-likeness (QED) is 0.723. The normalized spacial score (nSPS) is 17.3. The molecule has 1 fully saturated rings. The molecule has 0 amide bonds. The van der Waals surface area contributed by atoms with Crippen LogP contribution in [0.25, 0.3) is 0 Å². The number of carboxylic acid groups (broad SMARTS) is 1. The highest BCUT2D eigenvalue weighted by Crippen LogP contribution is 2.40. The second kappa shape index (κ2) is 5.74. The van der Waals surface area contributed by atoms with Crippen LogP contribution in [-0.4, -0.2) is 28.6 Å². The van der Waals surface area contributed by atoms with Gasteiger partial charge in [-0.3, -0.25) is 0 Å². The number of rotatable bonds is 5. The fraction of sp³-hybridized carbons (Fsp3) is 0.500. The number of thioether (sulfide) groups is 1. The van der Waals surface area contributed by atoms with Crippen molar-refractivity contribution in [2.24, 2.45) is 0 Å². The van der Waals surface area contributed by atoms with Gasteiger partial charge in [0.1, 0.15) is 0 Å². The first-order valence-corrected chi connectivity index (χ1v) is 7.71. The van der Waals surface area contributed by atoms with E-state index >= 15 is 0 Å². The summed E-state index contributed by atoms with van der Waals surface area (Å²) in [7, 11) is 0. The molecular weight excluding hydrogens is 260 g/mol. The third-order valence-corrected chi connectivity index (χ3v) is 5.26. The molecule has 1 aliphatic carbocycles. The highest BCUT2D eigenvalue weighted by atomic mass is 32.2. The standard InChI is InChI=1S/C14H20N2O2S/c1-19-14(6-2-3-7-14)9-16-10-4-5-12(15)11(8-10)13(17)18/h4-5,8,16H,2-3,6-7,9,15H2,1H3,(H,17,18). The first-order valence-electron chi connectivity index (χ1n) is 6.48. The molecule has 0 heterocycles. The minimum Gasteiger partial charge on any atom is -0.478 e. The number of benzene rings is 1. The average Bonchev–Trinajstić information content (AvgIpc) is 2.87. The maximum atomic E-state index is 11.0. The molecule has 5 heteroatoms. The van der Waals surface area contributed by atoms with Gasteiger partial charge in [-0.15, -0.1) is 0 Å². The van der Waals surface area contributed by atoms with Gasteiger partial charge in [0, 0.05) is 22.7 Å². The average molecular weight is 280 g/mol. The van der Waals surface area contributed by atoms with Gasteiger partial charge >= 0.3 is 5.97 Å². The summed E-state index contributed by atoms with van der Waals surface area (Å²) in [5.74, 6) is -0.985. The predicted molar refractivity (Wildman–Crippen MR) is 81.0 cm³/mol. The molecule has 0 radical (unpaired) electrons. The SMILES string of the molecule is CSC1(CNc2ccc(N)c(C(=O)O)c2)CCCC1. The number of nitrogens with two attached hydrogens (primary N) is 1. The summed E-state index contributed by atoms with van der Waals surface area (Å²) in [5.41, 5.74) is 6.94. The summed E-state index contributed by atoms with van der Waals surface area (Å²) >= 11 is 1.91.